The lowest BCUT2D eigenvalue weighted by Crippen LogP contribution is -2.47. The Morgan fingerprint density at radius 3 is 2.28 bits per heavy atom. The van der Waals surface area contributed by atoms with Crippen LogP contribution in [0, 0.1) is 0 Å². The van der Waals surface area contributed by atoms with Crippen molar-refractivity contribution in [1.82, 2.24) is 10.6 Å². The fourth-order valence-electron chi connectivity index (χ4n) is 1.31. The molecule has 0 spiro atoms. The Balaban J connectivity index is 4.68. The minimum absolute atomic E-state index is 0.227. The molecule has 0 rings (SSSR count). The normalized spacial score (nSPS) is 14.7. The molecule has 18 heavy (non-hydrogen) atoms. The van der Waals surface area contributed by atoms with Crippen LogP contribution in [-0.4, -0.2) is 43.9 Å². The number of hydrogen-bond acceptors (Lipinski definition) is 5. The summed E-state index contributed by atoms with van der Waals surface area (Å²) in [5, 5.41) is 2.35. The maximum absolute atomic E-state index is 12.0. The fraction of sp³-hybridized carbons (Fsp3) is 0.800. The summed E-state index contributed by atoms with van der Waals surface area (Å²) in [6, 6.07) is -0.698. The van der Waals surface area contributed by atoms with Crippen molar-refractivity contribution in [2.24, 2.45) is 5.73 Å². The average Bonchev–Trinajstić information content (AvgIpc) is 2.28. The van der Waals surface area contributed by atoms with Gasteiger partial charge in [0.2, 0.25) is 5.91 Å². The van der Waals surface area contributed by atoms with Gasteiger partial charge in [-0.3, -0.25) is 10.1 Å². The highest BCUT2D eigenvalue weighted by Crippen LogP contribution is 2.12. The number of sulfone groups is 1. The first-order valence-electron chi connectivity index (χ1n) is 5.78. The molecule has 106 valence electrons. The fourth-order valence-corrected chi connectivity index (χ4v) is 2.83. The standard InChI is InChI=1S/C10H21N3O4S/c1-4-12-10(15)13-9(14)8(3)18(16,17)7(2)5-6-11/h7-8H,4-6,11H2,1-3H3,(H2,12,13,14,15). The van der Waals surface area contributed by atoms with E-state index in [2.05, 4.69) is 5.32 Å². The van der Waals surface area contributed by atoms with Gasteiger partial charge in [-0.05, 0) is 33.7 Å². The van der Waals surface area contributed by atoms with E-state index in [0.717, 1.165) is 0 Å². The number of imide groups is 1. The lowest BCUT2D eigenvalue weighted by Gasteiger charge is -2.17. The van der Waals surface area contributed by atoms with Crippen LogP contribution in [0.4, 0.5) is 4.79 Å². The van der Waals surface area contributed by atoms with Gasteiger partial charge in [-0.25, -0.2) is 13.2 Å². The number of nitrogens with one attached hydrogen (secondary N) is 2. The summed E-state index contributed by atoms with van der Waals surface area (Å²) in [4.78, 5) is 22.7. The monoisotopic (exact) mass is 279 g/mol. The van der Waals surface area contributed by atoms with E-state index in [4.69, 9.17) is 5.73 Å². The SMILES string of the molecule is CCNC(=O)NC(=O)C(C)S(=O)(=O)C(C)CCN. The van der Waals surface area contributed by atoms with E-state index in [-0.39, 0.29) is 13.0 Å². The Bertz CT molecular complexity index is 394. The molecule has 3 amide bonds. The van der Waals surface area contributed by atoms with Gasteiger partial charge in [-0.2, -0.15) is 0 Å². The Morgan fingerprint density at radius 1 is 1.28 bits per heavy atom. The summed E-state index contributed by atoms with van der Waals surface area (Å²) >= 11 is 0. The highest BCUT2D eigenvalue weighted by atomic mass is 32.2. The van der Waals surface area contributed by atoms with Gasteiger partial charge in [0.1, 0.15) is 5.25 Å². The van der Waals surface area contributed by atoms with Crippen LogP contribution in [0.1, 0.15) is 27.2 Å². The second-order valence-electron chi connectivity index (χ2n) is 3.97. The summed E-state index contributed by atoms with van der Waals surface area (Å²) < 4.78 is 23.9. The molecule has 0 aromatic rings. The van der Waals surface area contributed by atoms with Crippen LogP contribution in [0.15, 0.2) is 0 Å². The van der Waals surface area contributed by atoms with Crippen molar-refractivity contribution in [3.63, 3.8) is 0 Å². The zero-order chi connectivity index (χ0) is 14.3. The van der Waals surface area contributed by atoms with E-state index in [0.29, 0.717) is 6.54 Å². The molecule has 0 aliphatic carbocycles. The van der Waals surface area contributed by atoms with Crippen LogP contribution in [-0.2, 0) is 14.6 Å². The average molecular weight is 279 g/mol. The summed E-state index contributed by atoms with van der Waals surface area (Å²) in [6.45, 7) is 5.03. The minimum Gasteiger partial charge on any atom is -0.338 e. The van der Waals surface area contributed by atoms with E-state index in [9.17, 15) is 18.0 Å². The van der Waals surface area contributed by atoms with Crippen molar-refractivity contribution in [2.45, 2.75) is 37.7 Å². The quantitative estimate of drug-likeness (QED) is 0.598. The summed E-state index contributed by atoms with van der Waals surface area (Å²) in [5.74, 6) is -0.829. The Kier molecular flexibility index (Phi) is 6.85. The molecule has 0 fully saturated rings. The topological polar surface area (TPSA) is 118 Å². The maximum atomic E-state index is 12.0. The lowest BCUT2D eigenvalue weighted by atomic mass is 10.3. The van der Waals surface area contributed by atoms with Crippen LogP contribution in [0.2, 0.25) is 0 Å². The van der Waals surface area contributed by atoms with Gasteiger partial charge in [-0.1, -0.05) is 0 Å². The molecular weight excluding hydrogens is 258 g/mol. The third-order valence-corrected chi connectivity index (χ3v) is 5.13. The number of hydrogen-bond donors (Lipinski definition) is 3. The smallest absolute Gasteiger partial charge is 0.321 e. The van der Waals surface area contributed by atoms with E-state index < -0.39 is 32.3 Å². The van der Waals surface area contributed by atoms with E-state index in [1.807, 2.05) is 5.32 Å². The van der Waals surface area contributed by atoms with Gasteiger partial charge in [-0.15, -0.1) is 0 Å². The van der Waals surface area contributed by atoms with Gasteiger partial charge in [0.25, 0.3) is 0 Å². The molecule has 0 aliphatic heterocycles. The molecule has 8 heteroatoms. The molecule has 2 unspecified atom stereocenters. The lowest BCUT2D eigenvalue weighted by molar-refractivity contribution is -0.119. The van der Waals surface area contributed by atoms with Gasteiger partial charge in [0.05, 0.1) is 5.25 Å². The maximum Gasteiger partial charge on any atom is 0.321 e. The van der Waals surface area contributed by atoms with Gasteiger partial charge >= 0.3 is 6.03 Å². The van der Waals surface area contributed by atoms with Crippen LogP contribution in [0.25, 0.3) is 0 Å². The van der Waals surface area contributed by atoms with Gasteiger partial charge < -0.3 is 11.1 Å². The first-order chi connectivity index (χ1) is 8.27. The molecule has 0 saturated heterocycles. The van der Waals surface area contributed by atoms with Crippen LogP contribution in [0.3, 0.4) is 0 Å². The Labute approximate surface area is 107 Å². The molecule has 0 heterocycles. The summed E-state index contributed by atoms with van der Waals surface area (Å²) in [6.07, 6.45) is 0.279. The number of rotatable bonds is 6. The number of carbonyl (C=O) groups is 2. The Morgan fingerprint density at radius 2 is 1.83 bits per heavy atom. The molecule has 0 aromatic heterocycles. The number of nitrogens with two attached hydrogens (primary N) is 1. The van der Waals surface area contributed by atoms with Crippen LogP contribution < -0.4 is 16.4 Å². The third kappa shape index (κ3) is 4.61. The molecule has 7 nitrogen and oxygen atoms in total. The molecule has 0 aromatic carbocycles. The molecule has 4 N–H and O–H groups in total. The zero-order valence-corrected chi connectivity index (χ0v) is 11.7. The third-order valence-electron chi connectivity index (χ3n) is 2.57. The summed E-state index contributed by atoms with van der Waals surface area (Å²) in [7, 11) is -3.63. The minimum atomic E-state index is -3.63. The van der Waals surface area contributed by atoms with E-state index in [1.54, 1.807) is 6.92 Å². The molecular formula is C10H21N3O4S. The summed E-state index contributed by atoms with van der Waals surface area (Å²) in [5.41, 5.74) is 5.29. The van der Waals surface area contributed by atoms with Gasteiger partial charge in [0.15, 0.2) is 9.84 Å². The molecule has 0 bridgehead atoms. The number of carbonyl (C=O) groups excluding carboxylic acids is 2. The van der Waals surface area contributed by atoms with Crippen molar-refractivity contribution < 1.29 is 18.0 Å². The first-order valence-corrected chi connectivity index (χ1v) is 7.39. The first kappa shape index (κ1) is 16.9. The van der Waals surface area contributed by atoms with Crippen molar-refractivity contribution >= 4 is 21.8 Å². The number of amides is 3. The Hall–Kier alpha value is -1.15. The molecule has 0 aliphatic rings. The second kappa shape index (κ2) is 7.32. The second-order valence-corrected chi connectivity index (χ2v) is 6.66. The molecule has 2 atom stereocenters. The largest absolute Gasteiger partial charge is 0.338 e. The van der Waals surface area contributed by atoms with E-state index >= 15 is 0 Å². The van der Waals surface area contributed by atoms with Crippen molar-refractivity contribution in [3.05, 3.63) is 0 Å². The highest BCUT2D eigenvalue weighted by molar-refractivity contribution is 7.93. The zero-order valence-electron chi connectivity index (χ0n) is 10.9. The van der Waals surface area contributed by atoms with Crippen molar-refractivity contribution in [2.75, 3.05) is 13.1 Å². The molecule has 0 radical (unpaired) electrons. The highest BCUT2D eigenvalue weighted by Gasteiger charge is 2.33. The van der Waals surface area contributed by atoms with Crippen LogP contribution in [0.5, 0.6) is 0 Å². The predicted molar refractivity (Wildman–Crippen MR) is 68.7 cm³/mol. The van der Waals surface area contributed by atoms with Crippen molar-refractivity contribution in [3.8, 4) is 0 Å². The number of urea groups is 1. The molecule has 0 saturated carbocycles. The van der Waals surface area contributed by atoms with Crippen molar-refractivity contribution in [1.29, 1.82) is 0 Å². The van der Waals surface area contributed by atoms with E-state index in [1.165, 1.54) is 13.8 Å². The van der Waals surface area contributed by atoms with Gasteiger partial charge in [0, 0.05) is 6.54 Å². The predicted octanol–water partition coefficient (Wildman–Crippen LogP) is -0.627. The van der Waals surface area contributed by atoms with Crippen LogP contribution >= 0.6 is 0 Å².